The molecule has 2 nitrogen and oxygen atoms in total. The molecule has 1 heterocycles. The Morgan fingerprint density at radius 2 is 2.33 bits per heavy atom. The lowest BCUT2D eigenvalue weighted by Gasteiger charge is -2.29. The molecule has 1 aliphatic rings. The smallest absolute Gasteiger partial charge is 0.0796 e. The average molecular weight is 151 g/mol. The summed E-state index contributed by atoms with van der Waals surface area (Å²) in [6.07, 6.45) is 0. The van der Waals surface area contributed by atoms with Crippen LogP contribution in [0.3, 0.4) is 0 Å². The van der Waals surface area contributed by atoms with E-state index in [1.165, 1.54) is 0 Å². The maximum Gasteiger partial charge on any atom is 0.0796 e. The number of alkyl halides is 1. The quantitative estimate of drug-likeness (QED) is 0.366. The average Bonchev–Trinajstić information content (AvgIpc) is 1.61. The molecule has 0 aromatic heterocycles. The van der Waals surface area contributed by atoms with E-state index in [1.54, 1.807) is 0 Å². The monoisotopic (exact) mass is 150 g/mol. The van der Waals surface area contributed by atoms with Crippen LogP contribution >= 0.6 is 15.9 Å². The van der Waals surface area contributed by atoms with Gasteiger partial charge in [-0.05, 0) is 0 Å². The predicted octanol–water partition coefficient (Wildman–Crippen LogP) is -0.362. The molecule has 0 aliphatic carbocycles. The van der Waals surface area contributed by atoms with Crippen LogP contribution < -0.4 is 11.1 Å². The normalized spacial score (nSPS) is 45.0. The molecule has 2 atom stereocenters. The van der Waals surface area contributed by atoms with Crippen molar-refractivity contribution in [2.45, 2.75) is 11.0 Å². The highest BCUT2D eigenvalue weighted by Gasteiger charge is 2.22. The van der Waals surface area contributed by atoms with E-state index in [4.69, 9.17) is 5.73 Å². The summed E-state index contributed by atoms with van der Waals surface area (Å²) in [6, 6.07) is 0.338. The van der Waals surface area contributed by atoms with Gasteiger partial charge in [0.1, 0.15) is 0 Å². The summed E-state index contributed by atoms with van der Waals surface area (Å²) in [6.45, 7) is 0.954. The number of hydrogen-bond donors (Lipinski definition) is 2. The Morgan fingerprint density at radius 1 is 1.83 bits per heavy atom. The molecule has 1 aliphatic heterocycles. The molecule has 0 spiro atoms. The maximum atomic E-state index is 5.41. The molecule has 3 N–H and O–H groups in total. The third-order valence-electron chi connectivity index (χ3n) is 0.924. The minimum absolute atomic E-state index is 0.338. The molecule has 0 saturated carbocycles. The van der Waals surface area contributed by atoms with Crippen molar-refractivity contribution in [2.24, 2.45) is 5.73 Å². The standard InChI is InChI=1S/C3H7BrN2/c4-3-2(5)1-6-3/h2-3,6H,1,5H2/t2?,3-/m0/s1. The minimum atomic E-state index is 0.338. The molecule has 0 amide bonds. The SMILES string of the molecule is NC1CN[C@@H]1Br. The fourth-order valence-electron chi connectivity index (χ4n) is 0.343. The Kier molecular flexibility index (Phi) is 1.13. The second kappa shape index (κ2) is 1.48. The van der Waals surface area contributed by atoms with Crippen molar-refractivity contribution in [1.29, 1.82) is 0 Å². The first-order valence-electron chi connectivity index (χ1n) is 1.94. The molecule has 0 aromatic rings. The van der Waals surface area contributed by atoms with Crippen LogP contribution in [0.4, 0.5) is 0 Å². The third-order valence-corrected chi connectivity index (χ3v) is 1.93. The van der Waals surface area contributed by atoms with Gasteiger partial charge in [-0.25, -0.2) is 0 Å². The summed E-state index contributed by atoms with van der Waals surface area (Å²) in [4.78, 5) is 0.373. The summed E-state index contributed by atoms with van der Waals surface area (Å²) in [5.74, 6) is 0. The second-order valence-corrected chi connectivity index (χ2v) is 2.46. The van der Waals surface area contributed by atoms with Crippen LogP contribution in [0.15, 0.2) is 0 Å². The molecule has 0 aromatic carbocycles. The number of nitrogens with one attached hydrogen (secondary N) is 1. The molecule has 1 unspecified atom stereocenters. The van der Waals surface area contributed by atoms with E-state index < -0.39 is 0 Å². The van der Waals surface area contributed by atoms with Gasteiger partial charge in [0.2, 0.25) is 0 Å². The molecule has 1 fully saturated rings. The van der Waals surface area contributed by atoms with Crippen LogP contribution in [0.2, 0.25) is 0 Å². The van der Waals surface area contributed by atoms with Gasteiger partial charge in [0, 0.05) is 12.6 Å². The first-order chi connectivity index (χ1) is 2.80. The Labute approximate surface area is 45.2 Å². The molecule has 1 rings (SSSR count). The topological polar surface area (TPSA) is 38.0 Å². The third kappa shape index (κ3) is 0.576. The van der Waals surface area contributed by atoms with Gasteiger partial charge in [-0.3, -0.25) is 0 Å². The predicted molar refractivity (Wildman–Crippen MR) is 28.7 cm³/mol. The summed E-state index contributed by atoms with van der Waals surface area (Å²) in [5.41, 5.74) is 5.41. The molecule has 3 heteroatoms. The van der Waals surface area contributed by atoms with Crippen molar-refractivity contribution in [3.63, 3.8) is 0 Å². The Morgan fingerprint density at radius 3 is 2.33 bits per heavy atom. The number of halogens is 1. The largest absolute Gasteiger partial charge is 0.325 e. The highest BCUT2D eigenvalue weighted by molar-refractivity contribution is 9.09. The zero-order chi connectivity index (χ0) is 4.57. The van der Waals surface area contributed by atoms with Gasteiger partial charge in [-0.1, -0.05) is 15.9 Å². The molecule has 0 radical (unpaired) electrons. The maximum absolute atomic E-state index is 5.41. The van der Waals surface area contributed by atoms with Crippen molar-refractivity contribution >= 4 is 15.9 Å². The van der Waals surface area contributed by atoms with Crippen molar-refractivity contribution in [3.05, 3.63) is 0 Å². The highest BCUT2D eigenvalue weighted by atomic mass is 79.9. The summed E-state index contributed by atoms with van der Waals surface area (Å²) in [5, 5.41) is 3.05. The van der Waals surface area contributed by atoms with Gasteiger partial charge in [0.25, 0.3) is 0 Å². The fourth-order valence-corrected chi connectivity index (χ4v) is 0.717. The molecule has 36 valence electrons. The van der Waals surface area contributed by atoms with Gasteiger partial charge in [0.05, 0.1) is 4.95 Å². The minimum Gasteiger partial charge on any atom is -0.325 e. The van der Waals surface area contributed by atoms with Gasteiger partial charge in [-0.2, -0.15) is 0 Å². The number of rotatable bonds is 0. The molecule has 0 bridgehead atoms. The Bertz CT molecular complexity index is 48.8. The fraction of sp³-hybridized carbons (Fsp3) is 1.00. The second-order valence-electron chi connectivity index (χ2n) is 1.47. The first-order valence-corrected chi connectivity index (χ1v) is 2.85. The van der Waals surface area contributed by atoms with Crippen molar-refractivity contribution in [1.82, 2.24) is 5.32 Å². The summed E-state index contributed by atoms with van der Waals surface area (Å²) >= 11 is 3.29. The molecule has 1 saturated heterocycles. The van der Waals surface area contributed by atoms with Crippen LogP contribution in [-0.2, 0) is 0 Å². The lowest BCUT2D eigenvalue weighted by atomic mass is 10.2. The van der Waals surface area contributed by atoms with E-state index in [9.17, 15) is 0 Å². The lowest BCUT2D eigenvalue weighted by molar-refractivity contribution is 0.417. The van der Waals surface area contributed by atoms with E-state index in [0.29, 0.717) is 11.0 Å². The van der Waals surface area contributed by atoms with Gasteiger partial charge >= 0.3 is 0 Å². The van der Waals surface area contributed by atoms with E-state index in [2.05, 4.69) is 21.2 Å². The Hall–Kier alpha value is 0.400. The van der Waals surface area contributed by atoms with Crippen molar-refractivity contribution in [2.75, 3.05) is 6.54 Å². The van der Waals surface area contributed by atoms with E-state index >= 15 is 0 Å². The number of hydrogen-bond acceptors (Lipinski definition) is 2. The van der Waals surface area contributed by atoms with E-state index in [0.717, 1.165) is 6.54 Å². The molecule has 6 heavy (non-hydrogen) atoms. The van der Waals surface area contributed by atoms with Gasteiger partial charge < -0.3 is 11.1 Å². The van der Waals surface area contributed by atoms with Crippen LogP contribution in [0, 0.1) is 0 Å². The zero-order valence-corrected chi connectivity index (χ0v) is 4.90. The van der Waals surface area contributed by atoms with Crippen LogP contribution in [-0.4, -0.2) is 17.5 Å². The van der Waals surface area contributed by atoms with E-state index in [-0.39, 0.29) is 0 Å². The van der Waals surface area contributed by atoms with Crippen molar-refractivity contribution < 1.29 is 0 Å². The van der Waals surface area contributed by atoms with Crippen LogP contribution in [0.25, 0.3) is 0 Å². The zero-order valence-electron chi connectivity index (χ0n) is 3.32. The van der Waals surface area contributed by atoms with Crippen LogP contribution in [0.5, 0.6) is 0 Å². The van der Waals surface area contributed by atoms with E-state index in [1.807, 2.05) is 0 Å². The molecular formula is C3H7BrN2. The van der Waals surface area contributed by atoms with Gasteiger partial charge in [0.15, 0.2) is 0 Å². The lowest BCUT2D eigenvalue weighted by Crippen LogP contribution is -2.58. The number of nitrogens with two attached hydrogens (primary N) is 1. The van der Waals surface area contributed by atoms with Crippen molar-refractivity contribution in [3.8, 4) is 0 Å². The highest BCUT2D eigenvalue weighted by Crippen LogP contribution is 2.06. The summed E-state index contributed by atoms with van der Waals surface area (Å²) < 4.78 is 0. The first kappa shape index (κ1) is 4.56. The molecular weight excluding hydrogens is 144 g/mol. The Balaban J connectivity index is 2.20. The van der Waals surface area contributed by atoms with Gasteiger partial charge in [-0.15, -0.1) is 0 Å². The van der Waals surface area contributed by atoms with Crippen LogP contribution in [0.1, 0.15) is 0 Å². The summed E-state index contributed by atoms with van der Waals surface area (Å²) in [7, 11) is 0.